The number of halogens is 1. The predicted molar refractivity (Wildman–Crippen MR) is 151 cm³/mol. The summed E-state index contributed by atoms with van der Waals surface area (Å²) in [5, 5.41) is 7.22. The molecule has 1 saturated carbocycles. The number of carbonyl (C=O) groups is 1. The molecule has 3 N–H and O–H groups in total. The standard InChI is InChI=1S/C30H28FN7O/c31-22-3-6-23(7-4-22)36-30(39)38-11-9-18(10-12-38)27-15-25-28(33-17-34-29(25)37-27)35-24-5-1-19-13-20-2-8-26(20)32-16-21(19)14-24/h1,3-7,9,14-17,20,26H,2,8,10-13H2,(H,36,39)(H2,33,34,35,37). The fraction of sp³-hybridized carbons (Fsp3) is 0.267. The summed E-state index contributed by atoms with van der Waals surface area (Å²) in [6, 6.07) is 14.6. The number of amides is 2. The Morgan fingerprint density at radius 2 is 1.92 bits per heavy atom. The summed E-state index contributed by atoms with van der Waals surface area (Å²) in [5.74, 6) is 1.09. The fourth-order valence-electron chi connectivity index (χ4n) is 5.61. The minimum Gasteiger partial charge on any atom is -0.340 e. The number of hydrogen-bond donors (Lipinski definition) is 3. The third kappa shape index (κ3) is 4.65. The van der Waals surface area contributed by atoms with Crippen LogP contribution < -0.4 is 10.6 Å². The summed E-state index contributed by atoms with van der Waals surface area (Å²) < 4.78 is 13.1. The van der Waals surface area contributed by atoms with Gasteiger partial charge >= 0.3 is 6.03 Å². The summed E-state index contributed by atoms with van der Waals surface area (Å²) in [7, 11) is 0. The highest BCUT2D eigenvalue weighted by Crippen LogP contribution is 2.36. The molecule has 8 nitrogen and oxygen atoms in total. The zero-order valence-electron chi connectivity index (χ0n) is 21.3. The number of rotatable bonds is 4. The minimum absolute atomic E-state index is 0.204. The van der Waals surface area contributed by atoms with Gasteiger partial charge in [-0.15, -0.1) is 0 Å². The van der Waals surface area contributed by atoms with Gasteiger partial charge in [0.1, 0.15) is 23.6 Å². The smallest absolute Gasteiger partial charge is 0.322 e. The van der Waals surface area contributed by atoms with Gasteiger partial charge in [-0.2, -0.15) is 0 Å². The number of hydrogen-bond acceptors (Lipinski definition) is 5. The number of benzene rings is 2. The molecule has 2 aromatic carbocycles. The molecule has 1 fully saturated rings. The van der Waals surface area contributed by atoms with Crippen LogP contribution in [0, 0.1) is 11.7 Å². The number of aliphatic imine (C=N–C) groups is 1. The highest BCUT2D eigenvalue weighted by molar-refractivity contribution is 5.93. The number of aromatic nitrogens is 3. The fourth-order valence-corrected chi connectivity index (χ4v) is 5.61. The average Bonchev–Trinajstić information content (AvgIpc) is 3.34. The predicted octanol–water partition coefficient (Wildman–Crippen LogP) is 5.92. The lowest BCUT2D eigenvalue weighted by Gasteiger charge is -2.32. The SMILES string of the molecule is O=C(Nc1ccc(F)cc1)N1CC=C(c2cc3c(Nc4ccc5c(c4)C=NC4CCC4C5)ncnc3[nH]2)CC1. The van der Waals surface area contributed by atoms with Crippen LogP contribution in [0.15, 0.2) is 65.9 Å². The van der Waals surface area contributed by atoms with Crippen molar-refractivity contribution in [3.05, 3.63) is 83.6 Å². The molecule has 0 bridgehead atoms. The second-order valence-corrected chi connectivity index (χ2v) is 10.5. The molecule has 1 aliphatic carbocycles. The molecule has 39 heavy (non-hydrogen) atoms. The number of aromatic amines is 1. The van der Waals surface area contributed by atoms with Crippen LogP contribution in [0.5, 0.6) is 0 Å². The first-order chi connectivity index (χ1) is 19.1. The summed E-state index contributed by atoms with van der Waals surface area (Å²) in [5.41, 5.74) is 6.93. The molecule has 0 spiro atoms. The van der Waals surface area contributed by atoms with Gasteiger partial charge in [-0.25, -0.2) is 19.2 Å². The van der Waals surface area contributed by atoms with Crippen molar-refractivity contribution in [3.63, 3.8) is 0 Å². The van der Waals surface area contributed by atoms with E-state index in [9.17, 15) is 9.18 Å². The topological polar surface area (TPSA) is 98.3 Å². The Bertz CT molecular complexity index is 1620. The molecule has 2 amide bonds. The van der Waals surface area contributed by atoms with E-state index in [4.69, 9.17) is 4.99 Å². The molecule has 0 radical (unpaired) electrons. The highest BCUT2D eigenvalue weighted by atomic mass is 19.1. The largest absolute Gasteiger partial charge is 0.340 e. The number of nitrogens with one attached hydrogen (secondary N) is 3. The molecule has 196 valence electrons. The van der Waals surface area contributed by atoms with E-state index in [-0.39, 0.29) is 11.8 Å². The van der Waals surface area contributed by atoms with Crippen molar-refractivity contribution in [2.24, 2.45) is 10.9 Å². The summed E-state index contributed by atoms with van der Waals surface area (Å²) in [6.07, 6.45) is 9.92. The van der Waals surface area contributed by atoms with E-state index in [0.717, 1.165) is 40.2 Å². The van der Waals surface area contributed by atoms with Crippen molar-refractivity contribution >= 4 is 46.0 Å². The quantitative estimate of drug-likeness (QED) is 0.311. The number of anilines is 3. The maximum Gasteiger partial charge on any atom is 0.322 e. The third-order valence-corrected chi connectivity index (χ3v) is 8.04. The average molecular weight is 522 g/mol. The normalized spacial score (nSPS) is 19.9. The van der Waals surface area contributed by atoms with Crippen LogP contribution in [0.1, 0.15) is 36.1 Å². The van der Waals surface area contributed by atoms with E-state index in [0.29, 0.717) is 37.2 Å². The van der Waals surface area contributed by atoms with Gasteiger partial charge in [-0.3, -0.25) is 4.99 Å². The van der Waals surface area contributed by atoms with Crippen molar-refractivity contribution in [2.75, 3.05) is 23.7 Å². The van der Waals surface area contributed by atoms with Crippen LogP contribution in [0.4, 0.5) is 26.4 Å². The Morgan fingerprint density at radius 3 is 2.72 bits per heavy atom. The van der Waals surface area contributed by atoms with Gasteiger partial charge in [0.05, 0.1) is 11.4 Å². The second kappa shape index (κ2) is 9.65. The molecule has 2 aliphatic heterocycles. The number of carbonyl (C=O) groups excluding carboxylic acids is 1. The van der Waals surface area contributed by atoms with Gasteiger partial charge in [-0.1, -0.05) is 12.1 Å². The number of urea groups is 1. The third-order valence-electron chi connectivity index (χ3n) is 8.04. The molecule has 2 atom stereocenters. The summed E-state index contributed by atoms with van der Waals surface area (Å²) in [4.78, 5) is 31.6. The van der Waals surface area contributed by atoms with Crippen molar-refractivity contribution in [2.45, 2.75) is 31.7 Å². The van der Waals surface area contributed by atoms with Gasteiger partial charge < -0.3 is 20.5 Å². The molecule has 9 heteroatoms. The Kier molecular flexibility index (Phi) is 5.83. The summed E-state index contributed by atoms with van der Waals surface area (Å²) >= 11 is 0. The van der Waals surface area contributed by atoms with Crippen LogP contribution in [0.2, 0.25) is 0 Å². The Labute approximate surface area is 225 Å². The van der Waals surface area contributed by atoms with Gasteiger partial charge in [-0.05, 0) is 90.8 Å². The van der Waals surface area contributed by atoms with Gasteiger partial charge in [0, 0.05) is 36.4 Å². The summed E-state index contributed by atoms with van der Waals surface area (Å²) in [6.45, 7) is 1.05. The van der Waals surface area contributed by atoms with Crippen molar-refractivity contribution in [3.8, 4) is 0 Å². The Hall–Kier alpha value is -4.53. The highest BCUT2D eigenvalue weighted by Gasteiger charge is 2.32. The Morgan fingerprint density at radius 1 is 1.05 bits per heavy atom. The van der Waals surface area contributed by atoms with E-state index in [1.165, 1.54) is 36.1 Å². The van der Waals surface area contributed by atoms with E-state index in [1.54, 1.807) is 23.4 Å². The molecule has 0 saturated heterocycles. The van der Waals surface area contributed by atoms with Crippen molar-refractivity contribution in [1.82, 2.24) is 19.9 Å². The van der Waals surface area contributed by atoms with Crippen LogP contribution in [0.3, 0.4) is 0 Å². The van der Waals surface area contributed by atoms with E-state index in [1.807, 2.05) is 6.21 Å². The molecule has 3 aliphatic rings. The maximum absolute atomic E-state index is 13.1. The number of fused-ring (bicyclic) bond motifs is 3. The lowest BCUT2D eigenvalue weighted by molar-refractivity contribution is 0.217. The molecule has 7 rings (SSSR count). The van der Waals surface area contributed by atoms with Crippen LogP contribution in [-0.4, -0.2) is 51.2 Å². The zero-order chi connectivity index (χ0) is 26.3. The van der Waals surface area contributed by atoms with E-state index in [2.05, 4.69) is 55.9 Å². The lowest BCUT2D eigenvalue weighted by atomic mass is 9.76. The number of nitrogens with zero attached hydrogens (tertiary/aromatic N) is 4. The van der Waals surface area contributed by atoms with Gasteiger partial charge in [0.2, 0.25) is 0 Å². The molecule has 2 aromatic heterocycles. The first-order valence-corrected chi connectivity index (χ1v) is 13.4. The molecule has 2 unspecified atom stereocenters. The zero-order valence-corrected chi connectivity index (χ0v) is 21.3. The van der Waals surface area contributed by atoms with Crippen LogP contribution >= 0.6 is 0 Å². The maximum atomic E-state index is 13.1. The first-order valence-electron chi connectivity index (χ1n) is 13.4. The number of H-pyrrole nitrogens is 1. The molecule has 4 heterocycles. The minimum atomic E-state index is -0.334. The van der Waals surface area contributed by atoms with Gasteiger partial charge in [0.25, 0.3) is 0 Å². The monoisotopic (exact) mass is 521 g/mol. The molecular formula is C30H28FN7O. The van der Waals surface area contributed by atoms with E-state index >= 15 is 0 Å². The molecule has 4 aromatic rings. The van der Waals surface area contributed by atoms with Crippen LogP contribution in [0.25, 0.3) is 16.6 Å². The second-order valence-electron chi connectivity index (χ2n) is 10.5. The first kappa shape index (κ1) is 23.6. The molecular weight excluding hydrogens is 493 g/mol. The van der Waals surface area contributed by atoms with Crippen LogP contribution in [-0.2, 0) is 6.42 Å². The van der Waals surface area contributed by atoms with Crippen molar-refractivity contribution in [1.29, 1.82) is 0 Å². The van der Waals surface area contributed by atoms with Crippen molar-refractivity contribution < 1.29 is 9.18 Å². The lowest BCUT2D eigenvalue weighted by Crippen LogP contribution is -2.37. The Balaban J connectivity index is 1.07. The van der Waals surface area contributed by atoms with E-state index < -0.39 is 0 Å². The van der Waals surface area contributed by atoms with Gasteiger partial charge in [0.15, 0.2) is 0 Å².